The van der Waals surface area contributed by atoms with Gasteiger partial charge in [-0.25, -0.2) is 0 Å². The molecule has 0 aliphatic rings. The van der Waals surface area contributed by atoms with Crippen LogP contribution in [-0.2, 0) is 0 Å². The lowest BCUT2D eigenvalue weighted by molar-refractivity contribution is 0.961. The van der Waals surface area contributed by atoms with Gasteiger partial charge in [0.05, 0.1) is 0 Å². The van der Waals surface area contributed by atoms with Gasteiger partial charge in [-0.2, -0.15) is 0 Å². The van der Waals surface area contributed by atoms with Crippen LogP contribution in [0.25, 0.3) is 0 Å². The minimum Gasteiger partial charge on any atom is -0.103 e. The molecule has 0 aromatic carbocycles. The van der Waals surface area contributed by atoms with Crippen LogP contribution in [0.4, 0.5) is 0 Å². The summed E-state index contributed by atoms with van der Waals surface area (Å²) in [5, 5.41) is 0. The molecule has 0 aromatic rings. The van der Waals surface area contributed by atoms with E-state index in [2.05, 4.69) is 13.5 Å². The van der Waals surface area contributed by atoms with Gasteiger partial charge >= 0.3 is 0 Å². The van der Waals surface area contributed by atoms with Crippen LogP contribution in [0.3, 0.4) is 0 Å². The molecule has 0 amide bonds. The number of allylic oxidation sites excluding steroid dienone is 1. The lowest BCUT2D eigenvalue weighted by Gasteiger charge is -1.72. The molecule has 0 atom stereocenters. The average Bonchev–Trinajstić information content (AvgIpc) is 1.41. The molecule has 0 saturated carbocycles. The van der Waals surface area contributed by atoms with E-state index in [1.54, 1.807) is 0 Å². The lowest BCUT2D eigenvalue weighted by atomic mass is 10.6. The summed E-state index contributed by atoms with van der Waals surface area (Å²) < 4.78 is 0. The Hall–Kier alpha value is -0.260. The van der Waals surface area contributed by atoms with Crippen molar-refractivity contribution in [2.75, 3.05) is 0 Å². The highest BCUT2D eigenvalue weighted by atomic mass is 14.1. The first-order valence-electron chi connectivity index (χ1n) is 2.02. The second-order valence-electron chi connectivity index (χ2n) is 1.08. The summed E-state index contributed by atoms with van der Waals surface area (Å²) in [6.07, 6.45) is 4.31. The zero-order valence-corrected chi connectivity index (χ0v) is 3.70. The smallest absolute Gasteiger partial charge is 0.0356 e. The van der Waals surface area contributed by atoms with Crippen molar-refractivity contribution < 1.29 is 0 Å². The summed E-state index contributed by atoms with van der Waals surface area (Å²) >= 11 is 0. The molecular formula is C5H10. The zero-order chi connectivity index (χ0) is 4.12. The van der Waals surface area contributed by atoms with Gasteiger partial charge < -0.3 is 0 Å². The molecule has 30 valence electrons. The van der Waals surface area contributed by atoms with E-state index in [0.29, 0.717) is 0 Å². The summed E-state index contributed by atoms with van der Waals surface area (Å²) in [5.41, 5.74) is 0. The van der Waals surface area contributed by atoms with Gasteiger partial charge in [0.15, 0.2) is 0 Å². The van der Waals surface area contributed by atoms with E-state index in [1.807, 2.05) is 6.08 Å². The van der Waals surface area contributed by atoms with Gasteiger partial charge in [-0.3, -0.25) is 0 Å². The van der Waals surface area contributed by atoms with Crippen LogP contribution in [0, 0.1) is 0 Å². The summed E-state index contributed by atoms with van der Waals surface area (Å²) in [7, 11) is 0. The average molecular weight is 71.1 g/mol. The third-order valence-electron chi connectivity index (χ3n) is 0.493. The van der Waals surface area contributed by atoms with Crippen LogP contribution in [0.5, 0.6) is 0 Å². The first-order chi connectivity index (χ1) is 2.41. The Morgan fingerprint density at radius 1 is 1.80 bits per heavy atom. The standard InChI is InChI=1S/C5H10/c1-3-5-4-2/h3H,1,4-5H2,2H3/i5+1. The minimum atomic E-state index is 1.15. The fourth-order valence-corrected chi connectivity index (χ4v) is 0.204. The van der Waals surface area contributed by atoms with E-state index in [1.165, 1.54) is 6.42 Å². The third kappa shape index (κ3) is 3.74. The van der Waals surface area contributed by atoms with Gasteiger partial charge in [0.25, 0.3) is 0 Å². The van der Waals surface area contributed by atoms with E-state index in [9.17, 15) is 0 Å². The molecule has 0 unspecified atom stereocenters. The predicted octanol–water partition coefficient (Wildman–Crippen LogP) is 1.97. The molecule has 0 saturated heterocycles. The fraction of sp³-hybridized carbons (Fsp3) is 0.600. The molecule has 0 aromatic heterocycles. The molecule has 0 heterocycles. The Morgan fingerprint density at radius 3 is 2.40 bits per heavy atom. The van der Waals surface area contributed by atoms with Crippen LogP contribution < -0.4 is 0 Å². The zero-order valence-electron chi connectivity index (χ0n) is 3.70. The molecule has 0 aliphatic carbocycles. The van der Waals surface area contributed by atoms with Crippen LogP contribution in [0.1, 0.15) is 19.8 Å². The predicted molar refractivity (Wildman–Crippen MR) is 25.1 cm³/mol. The summed E-state index contributed by atoms with van der Waals surface area (Å²) in [5.74, 6) is 0. The highest BCUT2D eigenvalue weighted by Gasteiger charge is 1.61. The van der Waals surface area contributed by atoms with Crippen molar-refractivity contribution in [3.8, 4) is 0 Å². The molecule has 0 heteroatoms. The Bertz CT molecular complexity index is 21.2. The van der Waals surface area contributed by atoms with Crippen LogP contribution in [-0.4, -0.2) is 0 Å². The van der Waals surface area contributed by atoms with Gasteiger partial charge in [-0.1, -0.05) is 19.4 Å². The Balaban J connectivity index is 2.40. The topological polar surface area (TPSA) is 0 Å². The van der Waals surface area contributed by atoms with E-state index in [-0.39, 0.29) is 0 Å². The second kappa shape index (κ2) is 3.74. The number of hydrogen-bond donors (Lipinski definition) is 0. The molecule has 0 fully saturated rings. The van der Waals surface area contributed by atoms with E-state index in [4.69, 9.17) is 0 Å². The molecule has 0 aliphatic heterocycles. The quantitative estimate of drug-likeness (QED) is 0.345. The number of rotatable bonds is 2. The summed E-state index contributed by atoms with van der Waals surface area (Å²) in [6.45, 7) is 5.69. The maximum absolute atomic E-state index is 3.55. The van der Waals surface area contributed by atoms with Crippen molar-refractivity contribution in [1.82, 2.24) is 0 Å². The molecule has 5 heavy (non-hydrogen) atoms. The number of unbranched alkanes of at least 4 members (excludes halogenated alkanes) is 1. The SMILES string of the molecule is C=C[13CH2]CC. The summed E-state index contributed by atoms with van der Waals surface area (Å²) in [4.78, 5) is 0. The van der Waals surface area contributed by atoms with Gasteiger partial charge in [-0.15, -0.1) is 6.58 Å². The maximum Gasteiger partial charge on any atom is -0.0356 e. The Kier molecular flexibility index (Phi) is 3.55. The van der Waals surface area contributed by atoms with Gasteiger partial charge in [0, 0.05) is 0 Å². The van der Waals surface area contributed by atoms with Gasteiger partial charge in [0.2, 0.25) is 0 Å². The largest absolute Gasteiger partial charge is 0.103 e. The fourth-order valence-electron chi connectivity index (χ4n) is 0.204. The van der Waals surface area contributed by atoms with E-state index in [0.717, 1.165) is 6.42 Å². The minimum absolute atomic E-state index is 1.15. The summed E-state index contributed by atoms with van der Waals surface area (Å²) in [6, 6.07) is 0. The monoisotopic (exact) mass is 71.1 g/mol. The molecule has 0 radical (unpaired) electrons. The second-order valence-corrected chi connectivity index (χ2v) is 1.08. The highest BCUT2D eigenvalue weighted by molar-refractivity contribution is 4.63. The van der Waals surface area contributed by atoms with Gasteiger partial charge in [0.1, 0.15) is 0 Å². The molecule has 0 N–H and O–H groups in total. The van der Waals surface area contributed by atoms with Crippen LogP contribution in [0.15, 0.2) is 12.7 Å². The Labute approximate surface area is 33.5 Å². The normalized spacial score (nSPS) is 7.40. The molecule has 0 spiro atoms. The molecule has 0 bridgehead atoms. The van der Waals surface area contributed by atoms with Crippen LogP contribution in [0.2, 0.25) is 0 Å². The van der Waals surface area contributed by atoms with Crippen molar-refractivity contribution in [1.29, 1.82) is 0 Å². The third-order valence-corrected chi connectivity index (χ3v) is 0.493. The van der Waals surface area contributed by atoms with Crippen LogP contribution >= 0.6 is 0 Å². The van der Waals surface area contributed by atoms with Crippen molar-refractivity contribution in [3.05, 3.63) is 12.7 Å². The van der Waals surface area contributed by atoms with E-state index >= 15 is 0 Å². The van der Waals surface area contributed by atoms with Crippen molar-refractivity contribution >= 4 is 0 Å². The van der Waals surface area contributed by atoms with Crippen molar-refractivity contribution in [2.45, 2.75) is 19.8 Å². The molecule has 0 rings (SSSR count). The highest BCUT2D eigenvalue weighted by Crippen LogP contribution is 1.82. The first-order valence-corrected chi connectivity index (χ1v) is 2.02. The molecule has 0 nitrogen and oxygen atoms in total. The molecular weight excluding hydrogens is 61.0 g/mol. The maximum atomic E-state index is 3.55. The van der Waals surface area contributed by atoms with Crippen molar-refractivity contribution in [3.63, 3.8) is 0 Å². The lowest BCUT2D eigenvalue weighted by Crippen LogP contribution is -1.52. The van der Waals surface area contributed by atoms with Gasteiger partial charge in [-0.05, 0) is 6.42 Å². The Morgan fingerprint density at radius 2 is 2.40 bits per heavy atom. The van der Waals surface area contributed by atoms with Crippen molar-refractivity contribution in [2.24, 2.45) is 0 Å². The van der Waals surface area contributed by atoms with E-state index < -0.39 is 0 Å². The number of hydrogen-bond acceptors (Lipinski definition) is 0. The first kappa shape index (κ1) is 4.74.